The van der Waals surface area contributed by atoms with Gasteiger partial charge >= 0.3 is 19.3 Å². The molecule has 0 spiro atoms. The Hall–Kier alpha value is -0.495. The molecular weight excluding hydrogens is 483 g/mol. The summed E-state index contributed by atoms with van der Waals surface area (Å²) in [5.74, 6) is -0.190. The number of carbonyl (C=O) groups is 2. The van der Waals surface area contributed by atoms with Crippen LogP contribution in [0.15, 0.2) is 0 Å². The number of hydrogen-bond donors (Lipinski definition) is 3. The number of aliphatic carboxylic acids is 1. The fraction of sp³-hybridized carbons (Fsp3) is 0.909. The molecule has 12 heteroatoms. The summed E-state index contributed by atoms with van der Waals surface area (Å²) < 4.78 is 21.1. The molecule has 2 unspecified atom stereocenters. The van der Waals surface area contributed by atoms with Crippen LogP contribution in [0.3, 0.4) is 0 Å². The highest BCUT2D eigenvalue weighted by atomic mass is 32.2. The lowest BCUT2D eigenvalue weighted by Gasteiger charge is -2.20. The first-order chi connectivity index (χ1) is 15.7. The van der Waals surface area contributed by atoms with E-state index in [-0.39, 0.29) is 24.4 Å². The molecular formula is C22H47BO9S2. The number of ether oxygens (including phenoxy) is 1. The second kappa shape index (κ2) is 24.2. The Morgan fingerprint density at radius 3 is 1.32 bits per heavy atom. The predicted octanol–water partition coefficient (Wildman–Crippen LogP) is 3.48. The molecule has 0 bridgehead atoms. The fourth-order valence-corrected chi connectivity index (χ4v) is 2.69. The van der Waals surface area contributed by atoms with Gasteiger partial charge in [0.25, 0.3) is 0 Å². The van der Waals surface area contributed by atoms with Crippen LogP contribution in [0.25, 0.3) is 0 Å². The summed E-state index contributed by atoms with van der Waals surface area (Å²) in [4.78, 5) is 20.9. The topological polar surface area (TPSA) is 132 Å². The van der Waals surface area contributed by atoms with E-state index in [0.29, 0.717) is 18.6 Å². The smallest absolute Gasteiger partial charge is 0.479 e. The molecule has 0 aromatic heterocycles. The average Bonchev–Trinajstić information content (AvgIpc) is 2.68. The van der Waals surface area contributed by atoms with Crippen LogP contribution < -0.4 is 0 Å². The number of aliphatic hydroxyl groups excluding tert-OH is 2. The molecule has 0 aliphatic heterocycles. The summed E-state index contributed by atoms with van der Waals surface area (Å²) >= 11 is 3.12. The van der Waals surface area contributed by atoms with Crippen molar-refractivity contribution >= 4 is 42.8 Å². The second-order valence-corrected chi connectivity index (χ2v) is 10.2. The van der Waals surface area contributed by atoms with Gasteiger partial charge in [-0.3, -0.25) is 0 Å². The number of esters is 1. The van der Waals surface area contributed by atoms with Crippen molar-refractivity contribution in [1.29, 1.82) is 0 Å². The second-order valence-electron chi connectivity index (χ2n) is 8.26. The van der Waals surface area contributed by atoms with E-state index in [1.165, 1.54) is 11.8 Å². The van der Waals surface area contributed by atoms with Crippen LogP contribution in [0.1, 0.15) is 68.2 Å². The molecule has 0 aliphatic carbocycles. The number of thioether (sulfide) groups is 2. The monoisotopic (exact) mass is 530 g/mol. The van der Waals surface area contributed by atoms with Gasteiger partial charge < -0.3 is 34.0 Å². The van der Waals surface area contributed by atoms with Gasteiger partial charge in [-0.2, -0.15) is 23.5 Å². The van der Waals surface area contributed by atoms with E-state index >= 15 is 0 Å². The summed E-state index contributed by atoms with van der Waals surface area (Å²) in [7, 11) is -0.542. The quantitative estimate of drug-likeness (QED) is 0.212. The average molecular weight is 531 g/mol. The highest BCUT2D eigenvalue weighted by Gasteiger charge is 2.25. The Balaban J connectivity index is -0.000000431. The Kier molecular flexibility index (Phi) is 27.1. The molecule has 0 fully saturated rings. The zero-order valence-electron chi connectivity index (χ0n) is 22.5. The molecule has 0 radical (unpaired) electrons. The van der Waals surface area contributed by atoms with Crippen LogP contribution in [0, 0.1) is 0 Å². The van der Waals surface area contributed by atoms with Crippen LogP contribution in [0.4, 0.5) is 0 Å². The maximum absolute atomic E-state index is 11.0. The van der Waals surface area contributed by atoms with Crippen molar-refractivity contribution in [3.05, 3.63) is 0 Å². The lowest BCUT2D eigenvalue weighted by atomic mass is 10.2. The minimum Gasteiger partial charge on any atom is -0.479 e. The summed E-state index contributed by atoms with van der Waals surface area (Å²) in [5, 5.41) is 26.0. The third-order valence-electron chi connectivity index (χ3n) is 3.25. The van der Waals surface area contributed by atoms with Crippen LogP contribution in [-0.2, 0) is 28.3 Å². The molecule has 34 heavy (non-hydrogen) atoms. The molecule has 0 aromatic rings. The largest absolute Gasteiger partial charge is 0.639 e. The molecule has 9 nitrogen and oxygen atoms in total. The van der Waals surface area contributed by atoms with Crippen LogP contribution >= 0.6 is 23.5 Å². The van der Waals surface area contributed by atoms with Crippen molar-refractivity contribution in [2.75, 3.05) is 24.0 Å². The van der Waals surface area contributed by atoms with Gasteiger partial charge in [-0.05, 0) is 92.2 Å². The molecule has 204 valence electrons. The third kappa shape index (κ3) is 29.5. The Morgan fingerprint density at radius 2 is 1.06 bits per heavy atom. The Bertz CT molecular complexity index is 471. The van der Waals surface area contributed by atoms with Crippen molar-refractivity contribution in [3.8, 4) is 0 Å². The van der Waals surface area contributed by atoms with Gasteiger partial charge in [0.2, 0.25) is 0 Å². The molecule has 0 saturated carbocycles. The van der Waals surface area contributed by atoms with Gasteiger partial charge in [-0.15, -0.1) is 0 Å². The van der Waals surface area contributed by atoms with Crippen LogP contribution in [-0.4, -0.2) is 95.2 Å². The van der Waals surface area contributed by atoms with E-state index in [1.807, 2.05) is 54.1 Å². The zero-order chi connectivity index (χ0) is 27.3. The minimum atomic E-state index is -1.18. The van der Waals surface area contributed by atoms with Gasteiger partial charge in [0.05, 0.1) is 6.10 Å². The first-order valence-electron chi connectivity index (χ1n) is 11.4. The number of aliphatic hydroxyl groups is 2. The van der Waals surface area contributed by atoms with Crippen molar-refractivity contribution in [3.63, 3.8) is 0 Å². The van der Waals surface area contributed by atoms with Gasteiger partial charge in [0.15, 0.2) is 12.2 Å². The number of carboxylic acid groups (broad SMARTS) is 1. The van der Waals surface area contributed by atoms with E-state index in [4.69, 9.17) is 28.9 Å². The number of carboxylic acids is 1. The first-order valence-corrected chi connectivity index (χ1v) is 14.2. The lowest BCUT2D eigenvalue weighted by Crippen LogP contribution is -2.34. The van der Waals surface area contributed by atoms with Gasteiger partial charge in [0, 0.05) is 18.3 Å². The van der Waals surface area contributed by atoms with Gasteiger partial charge in [0.1, 0.15) is 0 Å². The van der Waals surface area contributed by atoms with Gasteiger partial charge in [-0.25, -0.2) is 9.59 Å². The van der Waals surface area contributed by atoms with E-state index in [1.54, 1.807) is 25.6 Å². The maximum atomic E-state index is 11.0. The highest BCUT2D eigenvalue weighted by molar-refractivity contribution is 7.98. The summed E-state index contributed by atoms with van der Waals surface area (Å²) in [6.07, 6.45) is 2.64. The number of carbonyl (C=O) groups excluding carboxylic acids is 1. The first kappa shape index (κ1) is 38.0. The molecule has 0 amide bonds. The molecule has 0 aromatic carbocycles. The van der Waals surface area contributed by atoms with Crippen molar-refractivity contribution in [2.45, 2.75) is 105 Å². The summed E-state index contributed by atoms with van der Waals surface area (Å²) in [5.41, 5.74) is 0. The molecule has 2 atom stereocenters. The summed E-state index contributed by atoms with van der Waals surface area (Å²) in [6.45, 7) is 15.3. The van der Waals surface area contributed by atoms with E-state index in [9.17, 15) is 14.7 Å². The van der Waals surface area contributed by atoms with Crippen LogP contribution in [0.5, 0.6) is 0 Å². The minimum absolute atomic E-state index is 0.113. The molecule has 0 heterocycles. The van der Waals surface area contributed by atoms with Crippen molar-refractivity contribution in [2.24, 2.45) is 0 Å². The van der Waals surface area contributed by atoms with E-state index in [0.717, 1.165) is 5.75 Å². The predicted molar refractivity (Wildman–Crippen MR) is 141 cm³/mol. The number of rotatable bonds is 15. The highest BCUT2D eigenvalue weighted by Crippen LogP contribution is 2.05. The lowest BCUT2D eigenvalue weighted by molar-refractivity contribution is -0.157. The van der Waals surface area contributed by atoms with Crippen LogP contribution in [0.2, 0.25) is 0 Å². The van der Waals surface area contributed by atoms with Gasteiger partial charge in [-0.1, -0.05) is 0 Å². The third-order valence-corrected chi connectivity index (χ3v) is 4.54. The van der Waals surface area contributed by atoms with E-state index in [2.05, 4.69) is 0 Å². The molecule has 0 saturated heterocycles. The maximum Gasteiger partial charge on any atom is 0.639 e. The molecule has 3 N–H and O–H groups in total. The normalized spacial score (nSPS) is 12.6. The SMILES string of the molecule is CC(C)OB(OC(C)C)OC(C)C.CSCCC(O)C(=O)O.CSCCC(O)C(=O)OC(C)C. The molecule has 0 rings (SSSR count). The van der Waals surface area contributed by atoms with Crippen molar-refractivity contribution in [1.82, 2.24) is 0 Å². The fourth-order valence-electron chi connectivity index (χ4n) is 1.77. The molecule has 0 aliphatic rings. The van der Waals surface area contributed by atoms with E-state index < -0.39 is 31.5 Å². The number of hydrogen-bond acceptors (Lipinski definition) is 10. The Morgan fingerprint density at radius 1 is 0.706 bits per heavy atom. The zero-order valence-corrected chi connectivity index (χ0v) is 24.1. The standard InChI is InChI=1S/C9H21BO3.C8H16O3S.C5H10O3S/c1-7(2)11-10(12-8(3)4)13-9(5)6;1-6(2)11-8(10)7(9)4-5-12-3;1-9-3-2-4(6)5(7)8/h7-9H,1-6H3;6-7,9H,4-5H2,1-3H3;4,6H,2-3H2,1H3,(H,7,8). The summed E-state index contributed by atoms with van der Waals surface area (Å²) in [6, 6.07) is 0. The Labute approximate surface area is 215 Å². The van der Waals surface area contributed by atoms with Crippen molar-refractivity contribution < 1.29 is 43.6 Å².